The molecule has 0 fully saturated rings. The fraction of sp³-hybridized carbons (Fsp3) is 0.154. The van der Waals surface area contributed by atoms with E-state index >= 15 is 0 Å². The molecule has 18 heavy (non-hydrogen) atoms. The first kappa shape index (κ1) is 12.2. The molecule has 94 valence electrons. The maximum Gasteiger partial charge on any atom is 0.251 e. The zero-order chi connectivity index (χ0) is 13.1. The van der Waals surface area contributed by atoms with Crippen molar-refractivity contribution in [3.05, 3.63) is 53.2 Å². The zero-order valence-electron chi connectivity index (χ0n) is 9.87. The number of rotatable bonds is 3. The molecule has 0 unspecified atom stereocenters. The van der Waals surface area contributed by atoms with Gasteiger partial charge in [-0.3, -0.25) is 4.79 Å². The second-order valence-corrected chi connectivity index (χ2v) is 3.93. The van der Waals surface area contributed by atoms with Crippen molar-refractivity contribution in [3.8, 4) is 0 Å². The van der Waals surface area contributed by atoms with Crippen LogP contribution in [0, 0.1) is 12.7 Å². The molecule has 0 spiro atoms. The molecule has 4 nitrogen and oxygen atoms in total. The zero-order valence-corrected chi connectivity index (χ0v) is 9.87. The van der Waals surface area contributed by atoms with E-state index in [2.05, 4.69) is 5.32 Å². The van der Waals surface area contributed by atoms with Crippen molar-refractivity contribution in [2.24, 2.45) is 0 Å². The first-order chi connectivity index (χ1) is 8.58. The summed E-state index contributed by atoms with van der Waals surface area (Å²) in [6.07, 6.45) is 1.52. The Labute approximate surface area is 104 Å². The molecule has 2 rings (SSSR count). The monoisotopic (exact) mass is 248 g/mol. The van der Waals surface area contributed by atoms with Gasteiger partial charge in [-0.1, -0.05) is 0 Å². The molecule has 1 amide bonds. The van der Waals surface area contributed by atoms with Crippen LogP contribution in [-0.2, 0) is 6.54 Å². The Balaban J connectivity index is 2.09. The summed E-state index contributed by atoms with van der Waals surface area (Å²) in [7, 11) is 0. The van der Waals surface area contributed by atoms with Crippen molar-refractivity contribution in [1.29, 1.82) is 0 Å². The van der Waals surface area contributed by atoms with E-state index in [4.69, 9.17) is 10.2 Å². The van der Waals surface area contributed by atoms with Crippen molar-refractivity contribution < 1.29 is 13.6 Å². The quantitative estimate of drug-likeness (QED) is 0.818. The molecule has 0 aliphatic rings. The van der Waals surface area contributed by atoms with Gasteiger partial charge in [-0.2, -0.15) is 0 Å². The summed E-state index contributed by atoms with van der Waals surface area (Å²) in [5.41, 5.74) is 6.42. The molecule has 2 aromatic rings. The molecule has 0 aliphatic carbocycles. The molecule has 0 saturated carbocycles. The third-order valence-corrected chi connectivity index (χ3v) is 2.65. The third-order valence-electron chi connectivity index (χ3n) is 2.65. The number of hydrogen-bond acceptors (Lipinski definition) is 3. The first-order valence-corrected chi connectivity index (χ1v) is 5.44. The largest absolute Gasteiger partial charge is 0.467 e. The molecule has 3 N–H and O–H groups in total. The molecule has 0 aliphatic heterocycles. The molecule has 1 aromatic heterocycles. The fourth-order valence-electron chi connectivity index (χ4n) is 1.51. The number of nitrogens with one attached hydrogen (secondary N) is 1. The van der Waals surface area contributed by atoms with Gasteiger partial charge in [0.2, 0.25) is 0 Å². The van der Waals surface area contributed by atoms with Gasteiger partial charge >= 0.3 is 0 Å². The van der Waals surface area contributed by atoms with Crippen LogP contribution in [0.25, 0.3) is 0 Å². The topological polar surface area (TPSA) is 68.3 Å². The SMILES string of the molecule is Cc1c(N)cc(C(=O)NCc2ccco2)cc1F. The Morgan fingerprint density at radius 3 is 2.89 bits per heavy atom. The second-order valence-electron chi connectivity index (χ2n) is 3.93. The first-order valence-electron chi connectivity index (χ1n) is 5.44. The van der Waals surface area contributed by atoms with Gasteiger partial charge in [-0.05, 0) is 31.2 Å². The Kier molecular flexibility index (Phi) is 3.32. The summed E-state index contributed by atoms with van der Waals surface area (Å²) < 4.78 is 18.5. The van der Waals surface area contributed by atoms with Gasteiger partial charge in [-0.15, -0.1) is 0 Å². The van der Waals surface area contributed by atoms with E-state index in [1.807, 2.05) is 0 Å². The van der Waals surface area contributed by atoms with Crippen LogP contribution < -0.4 is 11.1 Å². The Morgan fingerprint density at radius 2 is 2.28 bits per heavy atom. The lowest BCUT2D eigenvalue weighted by molar-refractivity contribution is 0.0947. The highest BCUT2D eigenvalue weighted by atomic mass is 19.1. The van der Waals surface area contributed by atoms with E-state index < -0.39 is 11.7 Å². The number of anilines is 1. The van der Waals surface area contributed by atoms with Crippen molar-refractivity contribution >= 4 is 11.6 Å². The van der Waals surface area contributed by atoms with Crippen LogP contribution in [0.4, 0.5) is 10.1 Å². The average Bonchev–Trinajstić information content (AvgIpc) is 2.85. The molecule has 0 atom stereocenters. The minimum Gasteiger partial charge on any atom is -0.467 e. The molecular formula is C13H13FN2O2. The van der Waals surface area contributed by atoms with Crippen molar-refractivity contribution in [2.45, 2.75) is 13.5 Å². The van der Waals surface area contributed by atoms with Crippen LogP contribution >= 0.6 is 0 Å². The van der Waals surface area contributed by atoms with Crippen molar-refractivity contribution in [3.63, 3.8) is 0 Å². The van der Waals surface area contributed by atoms with Crippen LogP contribution in [-0.4, -0.2) is 5.91 Å². The van der Waals surface area contributed by atoms with Crippen LogP contribution in [0.3, 0.4) is 0 Å². The summed E-state index contributed by atoms with van der Waals surface area (Å²) in [5, 5.41) is 2.62. The fourth-order valence-corrected chi connectivity index (χ4v) is 1.51. The number of carbonyl (C=O) groups is 1. The van der Waals surface area contributed by atoms with E-state index in [1.165, 1.54) is 18.4 Å². The smallest absolute Gasteiger partial charge is 0.251 e. The number of carbonyl (C=O) groups excluding carboxylic acids is 1. The molecule has 1 heterocycles. The van der Waals surface area contributed by atoms with Crippen LogP contribution in [0.5, 0.6) is 0 Å². The van der Waals surface area contributed by atoms with Crippen LogP contribution in [0.2, 0.25) is 0 Å². The highest BCUT2D eigenvalue weighted by Gasteiger charge is 2.11. The molecule has 0 radical (unpaired) electrons. The molecule has 0 saturated heterocycles. The van der Waals surface area contributed by atoms with Gasteiger partial charge in [0, 0.05) is 16.8 Å². The van der Waals surface area contributed by atoms with E-state index in [9.17, 15) is 9.18 Å². The maximum absolute atomic E-state index is 13.4. The summed E-state index contributed by atoms with van der Waals surface area (Å²) in [5.74, 6) is -0.251. The standard InChI is InChI=1S/C13H13FN2O2/c1-8-11(14)5-9(6-12(8)15)13(17)16-7-10-3-2-4-18-10/h2-6H,7,15H2,1H3,(H,16,17). The van der Waals surface area contributed by atoms with Gasteiger partial charge in [-0.25, -0.2) is 4.39 Å². The number of furan rings is 1. The van der Waals surface area contributed by atoms with E-state index in [-0.39, 0.29) is 17.8 Å². The second kappa shape index (κ2) is 4.91. The van der Waals surface area contributed by atoms with Crippen LogP contribution in [0.1, 0.15) is 21.7 Å². The summed E-state index contributed by atoms with van der Waals surface area (Å²) in [6.45, 7) is 1.82. The van der Waals surface area contributed by atoms with Gasteiger partial charge in [0.15, 0.2) is 0 Å². The Morgan fingerprint density at radius 1 is 1.50 bits per heavy atom. The Bertz CT molecular complexity index is 541. The molecule has 0 bridgehead atoms. The van der Waals surface area contributed by atoms with E-state index in [0.29, 0.717) is 11.3 Å². The number of hydrogen-bond donors (Lipinski definition) is 2. The van der Waals surface area contributed by atoms with Crippen LogP contribution in [0.15, 0.2) is 34.9 Å². The number of benzene rings is 1. The highest BCUT2D eigenvalue weighted by molar-refractivity contribution is 5.95. The van der Waals surface area contributed by atoms with E-state index in [0.717, 1.165) is 0 Å². The molecular weight excluding hydrogens is 235 g/mol. The molecule has 5 heteroatoms. The van der Waals surface area contributed by atoms with Gasteiger partial charge in [0.25, 0.3) is 5.91 Å². The van der Waals surface area contributed by atoms with Gasteiger partial charge < -0.3 is 15.5 Å². The number of nitrogens with two attached hydrogens (primary N) is 1. The van der Waals surface area contributed by atoms with Crippen molar-refractivity contribution in [2.75, 3.05) is 5.73 Å². The number of amides is 1. The average molecular weight is 248 g/mol. The minimum absolute atomic E-state index is 0.196. The lowest BCUT2D eigenvalue weighted by Crippen LogP contribution is -2.23. The lowest BCUT2D eigenvalue weighted by Gasteiger charge is -2.07. The molecule has 1 aromatic carbocycles. The van der Waals surface area contributed by atoms with Gasteiger partial charge in [0.1, 0.15) is 11.6 Å². The Hall–Kier alpha value is -2.30. The summed E-state index contributed by atoms with van der Waals surface area (Å²) in [6, 6.07) is 6.09. The van der Waals surface area contributed by atoms with Crippen molar-refractivity contribution in [1.82, 2.24) is 5.32 Å². The predicted octanol–water partition coefficient (Wildman–Crippen LogP) is 2.24. The predicted molar refractivity (Wildman–Crippen MR) is 65.4 cm³/mol. The number of halogens is 1. The normalized spacial score (nSPS) is 10.3. The summed E-state index contributed by atoms with van der Waals surface area (Å²) >= 11 is 0. The maximum atomic E-state index is 13.4. The number of nitrogen functional groups attached to an aromatic ring is 1. The highest BCUT2D eigenvalue weighted by Crippen LogP contribution is 2.17. The minimum atomic E-state index is -0.488. The summed E-state index contributed by atoms with van der Waals surface area (Å²) in [4.78, 5) is 11.8. The lowest BCUT2D eigenvalue weighted by atomic mass is 10.1. The van der Waals surface area contributed by atoms with Gasteiger partial charge in [0.05, 0.1) is 12.8 Å². The van der Waals surface area contributed by atoms with E-state index in [1.54, 1.807) is 19.1 Å². The third kappa shape index (κ3) is 2.51.